The van der Waals surface area contributed by atoms with Gasteiger partial charge in [-0.2, -0.15) is 0 Å². The van der Waals surface area contributed by atoms with Crippen LogP contribution in [0.5, 0.6) is 0 Å². The lowest BCUT2D eigenvalue weighted by Crippen LogP contribution is -2.54. The Morgan fingerprint density at radius 2 is 1.78 bits per heavy atom. The highest BCUT2D eigenvalue weighted by Gasteiger charge is 2.31. The van der Waals surface area contributed by atoms with E-state index in [4.69, 9.17) is 5.73 Å². The summed E-state index contributed by atoms with van der Waals surface area (Å²) in [5.74, 6) is -1.17. The number of aliphatic hydroxyl groups excluding tert-OH is 2. The summed E-state index contributed by atoms with van der Waals surface area (Å²) in [5.41, 5.74) is 7.06. The zero-order valence-electron chi connectivity index (χ0n) is 13.3. The Balaban J connectivity index is 2.53. The van der Waals surface area contributed by atoms with Crippen LogP contribution < -0.4 is 16.4 Å². The maximum absolute atomic E-state index is 12.8. The van der Waals surface area contributed by atoms with Crippen LogP contribution in [0, 0.1) is 12.8 Å². The highest BCUT2D eigenvalue weighted by atomic mass is 16.3. The number of Topliss-reactive ketones (excluding diaryl/α,β-unsaturated/α-hetero) is 1. The standard InChI is InChI=1S/C16H21N3O4/c1-7(2)11-12(18-16(23)19-15(11)22)13(20)9-4-8(3)5-10(6-9)14(17)21/h4-7,15-16,18-19,22-23H,1-3H3,(H2,17,21). The second kappa shape index (κ2) is 6.49. The topological polar surface area (TPSA) is 125 Å². The van der Waals surface area contributed by atoms with Crippen LogP contribution in [0.25, 0.3) is 0 Å². The molecule has 1 aromatic rings. The largest absolute Gasteiger partial charge is 0.374 e. The summed E-state index contributed by atoms with van der Waals surface area (Å²) in [6.45, 7) is 5.41. The van der Waals surface area contributed by atoms with Crippen LogP contribution in [0.2, 0.25) is 0 Å². The Hall–Kier alpha value is -2.22. The summed E-state index contributed by atoms with van der Waals surface area (Å²) >= 11 is 0. The molecule has 0 saturated heterocycles. The molecule has 2 rings (SSSR count). The zero-order chi connectivity index (χ0) is 17.3. The molecule has 0 bridgehead atoms. The Labute approximate surface area is 134 Å². The molecular weight excluding hydrogens is 298 g/mol. The number of rotatable bonds is 4. The van der Waals surface area contributed by atoms with Gasteiger partial charge >= 0.3 is 0 Å². The van der Waals surface area contributed by atoms with Gasteiger partial charge in [-0.15, -0.1) is 0 Å². The molecule has 1 amide bonds. The number of nitrogens with one attached hydrogen (secondary N) is 2. The molecule has 7 heteroatoms. The second-order valence-corrected chi connectivity index (χ2v) is 5.88. The van der Waals surface area contributed by atoms with Crippen molar-refractivity contribution in [3.63, 3.8) is 0 Å². The van der Waals surface area contributed by atoms with Gasteiger partial charge < -0.3 is 21.3 Å². The molecule has 0 radical (unpaired) electrons. The van der Waals surface area contributed by atoms with E-state index in [0.717, 1.165) is 0 Å². The molecule has 1 aliphatic heterocycles. The molecule has 0 fully saturated rings. The number of aliphatic hydroxyl groups is 2. The summed E-state index contributed by atoms with van der Waals surface area (Å²) in [5, 5.41) is 24.9. The number of nitrogens with two attached hydrogens (primary N) is 1. The van der Waals surface area contributed by atoms with E-state index in [0.29, 0.717) is 11.1 Å². The van der Waals surface area contributed by atoms with E-state index in [1.807, 2.05) is 13.8 Å². The third kappa shape index (κ3) is 3.58. The van der Waals surface area contributed by atoms with Crippen LogP contribution in [0.3, 0.4) is 0 Å². The lowest BCUT2D eigenvalue weighted by Gasteiger charge is -2.32. The first-order chi connectivity index (χ1) is 10.7. The molecule has 1 aliphatic rings. The van der Waals surface area contributed by atoms with Crippen molar-refractivity contribution in [3.8, 4) is 0 Å². The summed E-state index contributed by atoms with van der Waals surface area (Å²) in [7, 11) is 0. The third-order valence-electron chi connectivity index (χ3n) is 3.65. The van der Waals surface area contributed by atoms with Gasteiger partial charge in [0.05, 0.1) is 5.70 Å². The highest BCUT2D eigenvalue weighted by molar-refractivity contribution is 6.10. The maximum Gasteiger partial charge on any atom is 0.248 e. The molecule has 2 unspecified atom stereocenters. The number of aryl methyl sites for hydroxylation is 1. The lowest BCUT2D eigenvalue weighted by molar-refractivity contribution is 0.0263. The number of ketones is 1. The summed E-state index contributed by atoms with van der Waals surface area (Å²) in [4.78, 5) is 24.2. The molecule has 0 aromatic heterocycles. The molecule has 6 N–H and O–H groups in total. The number of hydrogen-bond donors (Lipinski definition) is 5. The normalized spacial score (nSPS) is 21.3. The van der Waals surface area contributed by atoms with Gasteiger partial charge in [-0.05, 0) is 36.6 Å². The molecule has 124 valence electrons. The fourth-order valence-corrected chi connectivity index (χ4v) is 2.64. The van der Waals surface area contributed by atoms with E-state index in [1.54, 1.807) is 19.1 Å². The quantitative estimate of drug-likeness (QED) is 0.497. The second-order valence-electron chi connectivity index (χ2n) is 5.88. The minimum atomic E-state index is -1.24. The number of carbonyl (C=O) groups excluding carboxylic acids is 2. The number of primary amides is 1. The van der Waals surface area contributed by atoms with Gasteiger partial charge in [0.15, 0.2) is 6.35 Å². The maximum atomic E-state index is 12.8. The van der Waals surface area contributed by atoms with Gasteiger partial charge in [0, 0.05) is 16.7 Å². The van der Waals surface area contributed by atoms with Crippen LogP contribution >= 0.6 is 0 Å². The first-order valence-electron chi connectivity index (χ1n) is 7.29. The van der Waals surface area contributed by atoms with Crippen molar-refractivity contribution in [2.45, 2.75) is 33.4 Å². The van der Waals surface area contributed by atoms with Crippen LogP contribution in [-0.4, -0.2) is 34.5 Å². The molecule has 7 nitrogen and oxygen atoms in total. The van der Waals surface area contributed by atoms with Gasteiger partial charge in [-0.3, -0.25) is 9.59 Å². The number of carbonyl (C=O) groups is 2. The van der Waals surface area contributed by atoms with E-state index < -0.39 is 24.3 Å². The smallest absolute Gasteiger partial charge is 0.248 e. The Kier molecular flexibility index (Phi) is 4.84. The average Bonchev–Trinajstić information content (AvgIpc) is 2.44. The average molecular weight is 319 g/mol. The van der Waals surface area contributed by atoms with Gasteiger partial charge in [-0.25, -0.2) is 5.32 Å². The molecule has 1 heterocycles. The minimum Gasteiger partial charge on any atom is -0.374 e. The summed E-state index contributed by atoms with van der Waals surface area (Å²) < 4.78 is 0. The van der Waals surface area contributed by atoms with Crippen LogP contribution in [0.15, 0.2) is 29.5 Å². The first kappa shape index (κ1) is 17.1. The number of hydrogen-bond acceptors (Lipinski definition) is 6. The predicted molar refractivity (Wildman–Crippen MR) is 84.2 cm³/mol. The molecule has 0 spiro atoms. The van der Waals surface area contributed by atoms with Gasteiger partial charge in [-0.1, -0.05) is 13.8 Å². The number of amides is 1. The van der Waals surface area contributed by atoms with Crippen molar-refractivity contribution in [2.75, 3.05) is 0 Å². The first-order valence-corrected chi connectivity index (χ1v) is 7.29. The Bertz CT molecular complexity index is 682. The van der Waals surface area contributed by atoms with Gasteiger partial charge in [0.25, 0.3) is 0 Å². The molecule has 2 atom stereocenters. The zero-order valence-corrected chi connectivity index (χ0v) is 13.3. The van der Waals surface area contributed by atoms with Gasteiger partial charge in [0.2, 0.25) is 11.7 Å². The van der Waals surface area contributed by atoms with E-state index in [9.17, 15) is 19.8 Å². The van der Waals surface area contributed by atoms with Crippen molar-refractivity contribution in [2.24, 2.45) is 11.7 Å². The van der Waals surface area contributed by atoms with Crippen molar-refractivity contribution >= 4 is 11.7 Å². The molecule has 0 saturated carbocycles. The van der Waals surface area contributed by atoms with Crippen LogP contribution in [0.1, 0.15) is 40.1 Å². The molecular formula is C16H21N3O4. The van der Waals surface area contributed by atoms with Crippen molar-refractivity contribution in [1.29, 1.82) is 0 Å². The molecule has 0 aliphatic carbocycles. The third-order valence-corrected chi connectivity index (χ3v) is 3.65. The Morgan fingerprint density at radius 3 is 2.35 bits per heavy atom. The molecule has 23 heavy (non-hydrogen) atoms. The predicted octanol–water partition coefficient (Wildman–Crippen LogP) is -0.0262. The minimum absolute atomic E-state index is 0.125. The van der Waals surface area contributed by atoms with Crippen molar-refractivity contribution in [3.05, 3.63) is 46.2 Å². The highest BCUT2D eigenvalue weighted by Crippen LogP contribution is 2.23. The number of benzene rings is 1. The van der Waals surface area contributed by atoms with E-state index in [2.05, 4.69) is 10.6 Å². The summed E-state index contributed by atoms with van der Waals surface area (Å²) in [6, 6.07) is 4.63. The van der Waals surface area contributed by atoms with Crippen molar-refractivity contribution < 1.29 is 19.8 Å². The SMILES string of the molecule is Cc1cc(C(N)=O)cc(C(=O)C2=C(C(C)C)C(O)NC(O)N2)c1. The van der Waals surface area contributed by atoms with E-state index in [-0.39, 0.29) is 22.7 Å². The van der Waals surface area contributed by atoms with Crippen molar-refractivity contribution in [1.82, 2.24) is 10.6 Å². The van der Waals surface area contributed by atoms with Gasteiger partial charge in [0.1, 0.15) is 6.23 Å². The monoisotopic (exact) mass is 319 g/mol. The van der Waals surface area contributed by atoms with E-state index >= 15 is 0 Å². The fourth-order valence-electron chi connectivity index (χ4n) is 2.64. The summed E-state index contributed by atoms with van der Waals surface area (Å²) in [6.07, 6.45) is -2.38. The fraction of sp³-hybridized carbons (Fsp3) is 0.375. The van der Waals surface area contributed by atoms with Crippen LogP contribution in [-0.2, 0) is 0 Å². The lowest BCUT2D eigenvalue weighted by atomic mass is 9.92. The van der Waals surface area contributed by atoms with E-state index in [1.165, 1.54) is 6.07 Å². The Morgan fingerprint density at radius 1 is 1.17 bits per heavy atom. The number of allylic oxidation sites excluding steroid dienone is 1. The molecule has 1 aromatic carbocycles. The van der Waals surface area contributed by atoms with Crippen LogP contribution in [0.4, 0.5) is 0 Å².